The van der Waals surface area contributed by atoms with E-state index in [1.807, 2.05) is 55.6 Å². The Balaban J connectivity index is 1.57. The molecule has 0 saturated carbocycles. The van der Waals surface area contributed by atoms with E-state index < -0.39 is 0 Å². The first kappa shape index (κ1) is 30.5. The van der Waals surface area contributed by atoms with Crippen LogP contribution in [0.4, 0.5) is 0 Å². The number of H-pyrrole nitrogens is 1. The molecular formula is C33H39N3O6. The molecule has 42 heavy (non-hydrogen) atoms. The number of aromatic amines is 1. The Labute approximate surface area is 246 Å². The fourth-order valence-electron chi connectivity index (χ4n) is 4.79. The Morgan fingerprint density at radius 2 is 1.55 bits per heavy atom. The van der Waals surface area contributed by atoms with Gasteiger partial charge in [0.15, 0.2) is 0 Å². The molecule has 1 aromatic heterocycles. The number of carbonyl (C=O) groups is 2. The molecule has 0 atom stereocenters. The lowest BCUT2D eigenvalue weighted by Crippen LogP contribution is -2.44. The van der Waals surface area contributed by atoms with Crippen LogP contribution >= 0.6 is 0 Å². The molecular weight excluding hydrogens is 534 g/mol. The first-order valence-electron chi connectivity index (χ1n) is 14.0. The lowest BCUT2D eigenvalue weighted by molar-refractivity contribution is -0.132. The molecule has 1 N–H and O–H groups in total. The van der Waals surface area contributed by atoms with Crippen LogP contribution in [0.1, 0.15) is 28.4 Å². The van der Waals surface area contributed by atoms with Gasteiger partial charge in [-0.3, -0.25) is 9.59 Å². The molecule has 1 heterocycles. The number of benzene rings is 3. The number of rotatable bonds is 15. The minimum Gasteiger partial charge on any atom is -0.497 e. The molecule has 0 aliphatic rings. The van der Waals surface area contributed by atoms with Crippen LogP contribution in [0, 0.1) is 0 Å². The third-order valence-corrected chi connectivity index (χ3v) is 7.06. The highest BCUT2D eigenvalue weighted by Gasteiger charge is 2.24. The molecule has 0 saturated heterocycles. The van der Waals surface area contributed by atoms with Crippen molar-refractivity contribution < 1.29 is 28.5 Å². The first-order chi connectivity index (χ1) is 20.4. The van der Waals surface area contributed by atoms with E-state index in [0.717, 1.165) is 27.8 Å². The SMILES string of the molecule is CCOc1ccc(CN(CCc2c[nH]c3ccccc23)C(=O)CN(CCOC)C(=O)c2cc(OC)cc(OC)c2)cc1. The Kier molecular flexibility index (Phi) is 10.8. The molecule has 3 aromatic carbocycles. The lowest BCUT2D eigenvalue weighted by atomic mass is 10.1. The summed E-state index contributed by atoms with van der Waals surface area (Å²) in [6.45, 7) is 3.83. The minimum atomic E-state index is -0.310. The van der Waals surface area contributed by atoms with Crippen LogP contribution in [0.3, 0.4) is 0 Å². The molecule has 2 amide bonds. The monoisotopic (exact) mass is 573 g/mol. The number of methoxy groups -OCH3 is 3. The molecule has 0 aliphatic heterocycles. The molecule has 0 fully saturated rings. The van der Waals surface area contributed by atoms with Gasteiger partial charge in [0.25, 0.3) is 5.91 Å². The topological polar surface area (TPSA) is 93.3 Å². The maximum absolute atomic E-state index is 13.9. The zero-order chi connectivity index (χ0) is 29.9. The summed E-state index contributed by atoms with van der Waals surface area (Å²) in [4.78, 5) is 34.2. The Morgan fingerprint density at radius 3 is 2.21 bits per heavy atom. The normalized spacial score (nSPS) is 10.9. The molecule has 4 rings (SSSR count). The molecule has 4 aromatic rings. The third-order valence-electron chi connectivity index (χ3n) is 7.06. The van der Waals surface area contributed by atoms with Crippen molar-refractivity contribution in [1.29, 1.82) is 0 Å². The van der Waals surface area contributed by atoms with E-state index in [9.17, 15) is 9.59 Å². The van der Waals surface area contributed by atoms with Gasteiger partial charge in [-0.15, -0.1) is 0 Å². The van der Waals surface area contributed by atoms with E-state index in [2.05, 4.69) is 11.1 Å². The largest absolute Gasteiger partial charge is 0.497 e. The number of ether oxygens (including phenoxy) is 4. The molecule has 0 spiro atoms. The van der Waals surface area contributed by atoms with Gasteiger partial charge in [0, 0.05) is 55.5 Å². The third kappa shape index (κ3) is 7.82. The number of hydrogen-bond donors (Lipinski definition) is 1. The Bertz CT molecular complexity index is 1440. The summed E-state index contributed by atoms with van der Waals surface area (Å²) < 4.78 is 21.6. The van der Waals surface area contributed by atoms with E-state index in [1.165, 1.54) is 19.1 Å². The number of fused-ring (bicyclic) bond motifs is 1. The quantitative estimate of drug-likeness (QED) is 0.217. The van der Waals surface area contributed by atoms with E-state index in [-0.39, 0.29) is 31.5 Å². The van der Waals surface area contributed by atoms with Gasteiger partial charge >= 0.3 is 0 Å². The van der Waals surface area contributed by atoms with E-state index in [4.69, 9.17) is 18.9 Å². The maximum atomic E-state index is 13.9. The number of aromatic nitrogens is 1. The van der Waals surface area contributed by atoms with E-state index in [1.54, 1.807) is 30.2 Å². The van der Waals surface area contributed by atoms with Crippen LogP contribution in [0.15, 0.2) is 72.9 Å². The summed E-state index contributed by atoms with van der Waals surface area (Å²) in [7, 11) is 4.63. The highest BCUT2D eigenvalue weighted by Crippen LogP contribution is 2.24. The second-order valence-corrected chi connectivity index (χ2v) is 9.82. The van der Waals surface area contributed by atoms with Crippen molar-refractivity contribution in [2.24, 2.45) is 0 Å². The number of nitrogens with one attached hydrogen (secondary N) is 1. The minimum absolute atomic E-state index is 0.105. The summed E-state index contributed by atoms with van der Waals surface area (Å²) in [5.74, 6) is 1.29. The second kappa shape index (κ2) is 14.9. The van der Waals surface area contributed by atoms with Crippen molar-refractivity contribution in [2.45, 2.75) is 19.9 Å². The summed E-state index contributed by atoms with van der Waals surface area (Å²) in [6, 6.07) is 20.8. The van der Waals surface area contributed by atoms with Gasteiger partial charge in [0.2, 0.25) is 5.91 Å². The summed E-state index contributed by atoms with van der Waals surface area (Å²) in [6.07, 6.45) is 2.65. The van der Waals surface area contributed by atoms with Crippen LogP contribution in [-0.4, -0.2) is 80.8 Å². The van der Waals surface area contributed by atoms with Gasteiger partial charge in [-0.25, -0.2) is 0 Å². The fraction of sp³-hybridized carbons (Fsp3) is 0.333. The van der Waals surface area contributed by atoms with E-state index in [0.29, 0.717) is 43.2 Å². The predicted molar refractivity (Wildman–Crippen MR) is 162 cm³/mol. The van der Waals surface area contributed by atoms with Crippen LogP contribution in [-0.2, 0) is 22.5 Å². The Hall–Kier alpha value is -4.50. The van der Waals surface area contributed by atoms with Gasteiger partial charge in [-0.05, 0) is 54.8 Å². The van der Waals surface area contributed by atoms with Crippen LogP contribution < -0.4 is 14.2 Å². The summed E-state index contributed by atoms with van der Waals surface area (Å²) >= 11 is 0. The average Bonchev–Trinajstić information content (AvgIpc) is 3.44. The lowest BCUT2D eigenvalue weighted by Gasteiger charge is -2.28. The summed E-state index contributed by atoms with van der Waals surface area (Å²) in [5.41, 5.74) is 3.53. The van der Waals surface area contributed by atoms with Gasteiger partial charge in [-0.1, -0.05) is 30.3 Å². The standard InChI is InChI=1S/C33H39N3O6/c1-5-42-27-12-10-24(11-13-27)22-35(15-14-25-21-34-31-9-7-6-8-30(25)31)32(37)23-36(16-17-39-2)33(38)26-18-28(40-3)20-29(19-26)41-4/h6-13,18-21,34H,5,14-17,22-23H2,1-4H3. The molecule has 9 heteroatoms. The fourth-order valence-corrected chi connectivity index (χ4v) is 4.79. The van der Waals surface area contributed by atoms with Crippen LogP contribution in [0.2, 0.25) is 0 Å². The first-order valence-corrected chi connectivity index (χ1v) is 14.0. The van der Waals surface area contributed by atoms with Crippen molar-refractivity contribution in [3.63, 3.8) is 0 Å². The molecule has 9 nitrogen and oxygen atoms in total. The van der Waals surface area contributed by atoms with E-state index >= 15 is 0 Å². The zero-order valence-corrected chi connectivity index (χ0v) is 24.7. The summed E-state index contributed by atoms with van der Waals surface area (Å²) in [5, 5.41) is 1.13. The van der Waals surface area contributed by atoms with Gasteiger partial charge < -0.3 is 33.7 Å². The van der Waals surface area contributed by atoms with Crippen molar-refractivity contribution in [1.82, 2.24) is 14.8 Å². The van der Waals surface area contributed by atoms with Gasteiger partial charge in [0.1, 0.15) is 23.8 Å². The highest BCUT2D eigenvalue weighted by molar-refractivity contribution is 5.97. The number of para-hydroxylation sites is 1. The van der Waals surface area contributed by atoms with Crippen molar-refractivity contribution in [2.75, 3.05) is 54.2 Å². The number of hydrogen-bond acceptors (Lipinski definition) is 6. The number of nitrogens with zero attached hydrogens (tertiary/aromatic N) is 2. The van der Waals surface area contributed by atoms with Gasteiger partial charge in [0.05, 0.1) is 27.4 Å². The van der Waals surface area contributed by atoms with Gasteiger partial charge in [-0.2, -0.15) is 0 Å². The highest BCUT2D eigenvalue weighted by atomic mass is 16.5. The molecule has 0 aliphatic carbocycles. The molecule has 0 radical (unpaired) electrons. The average molecular weight is 574 g/mol. The molecule has 222 valence electrons. The van der Waals surface area contributed by atoms with Crippen LogP contribution in [0.5, 0.6) is 17.2 Å². The number of carbonyl (C=O) groups excluding carboxylic acids is 2. The van der Waals surface area contributed by atoms with Crippen molar-refractivity contribution >= 4 is 22.7 Å². The van der Waals surface area contributed by atoms with Crippen molar-refractivity contribution in [3.8, 4) is 17.2 Å². The number of amides is 2. The van der Waals surface area contributed by atoms with Crippen LogP contribution in [0.25, 0.3) is 10.9 Å². The second-order valence-electron chi connectivity index (χ2n) is 9.82. The maximum Gasteiger partial charge on any atom is 0.254 e. The smallest absolute Gasteiger partial charge is 0.254 e. The Morgan fingerprint density at radius 1 is 0.833 bits per heavy atom. The molecule has 0 unspecified atom stereocenters. The van der Waals surface area contributed by atoms with Crippen molar-refractivity contribution in [3.05, 3.63) is 89.6 Å². The molecule has 0 bridgehead atoms. The predicted octanol–water partition coefficient (Wildman–Crippen LogP) is 4.94. The zero-order valence-electron chi connectivity index (χ0n) is 24.7.